The number of amides is 1. The van der Waals surface area contributed by atoms with E-state index < -0.39 is 0 Å². The maximum atomic E-state index is 12.7. The topological polar surface area (TPSA) is 45.6 Å². The zero-order chi connectivity index (χ0) is 16.1. The van der Waals surface area contributed by atoms with Gasteiger partial charge >= 0.3 is 0 Å². The molecule has 24 heavy (non-hydrogen) atoms. The Morgan fingerprint density at radius 1 is 1.17 bits per heavy atom. The van der Waals surface area contributed by atoms with Crippen LogP contribution in [0.15, 0.2) is 47.5 Å². The number of aromatic nitrogens is 1. The van der Waals surface area contributed by atoms with Gasteiger partial charge in [0.2, 0.25) is 0 Å². The molecule has 0 unspecified atom stereocenters. The van der Waals surface area contributed by atoms with Crippen LogP contribution in [0, 0.1) is 0 Å². The number of para-hydroxylation sites is 1. The van der Waals surface area contributed by atoms with Gasteiger partial charge in [0, 0.05) is 18.3 Å². The van der Waals surface area contributed by atoms with E-state index in [-0.39, 0.29) is 11.9 Å². The van der Waals surface area contributed by atoms with Gasteiger partial charge in [0.25, 0.3) is 5.91 Å². The van der Waals surface area contributed by atoms with Crippen molar-refractivity contribution in [1.29, 1.82) is 0 Å². The van der Waals surface area contributed by atoms with Gasteiger partial charge in [0.15, 0.2) is 0 Å². The number of thiazole rings is 1. The standard InChI is InChI=1S/C19H15N3OS/c23-19-14-8-7-12(18-21-15-5-1-2-6-17(15)24-18)10-16(14)20-11-13-4-3-9-22(13)19/h1-2,5-8,10-11,13H,3-4,9H2/t13-/m0/s1. The molecule has 3 aromatic rings. The van der Waals surface area contributed by atoms with Crippen molar-refractivity contribution in [2.45, 2.75) is 18.9 Å². The zero-order valence-electron chi connectivity index (χ0n) is 13.0. The molecule has 118 valence electrons. The Kier molecular flexibility index (Phi) is 3.03. The number of aliphatic imine (C=N–C) groups is 1. The van der Waals surface area contributed by atoms with E-state index >= 15 is 0 Å². The van der Waals surface area contributed by atoms with Crippen LogP contribution in [-0.4, -0.2) is 34.6 Å². The second kappa shape index (κ2) is 5.24. The number of carbonyl (C=O) groups excluding carboxylic acids is 1. The third-order valence-electron chi connectivity index (χ3n) is 4.71. The van der Waals surface area contributed by atoms with Gasteiger partial charge in [0.1, 0.15) is 5.01 Å². The Labute approximate surface area is 143 Å². The Balaban J connectivity index is 1.61. The van der Waals surface area contributed by atoms with Crippen LogP contribution < -0.4 is 0 Å². The first-order valence-corrected chi connectivity index (χ1v) is 8.96. The quantitative estimate of drug-likeness (QED) is 0.667. The molecule has 0 bridgehead atoms. The van der Waals surface area contributed by atoms with Crippen molar-refractivity contribution >= 4 is 39.4 Å². The van der Waals surface area contributed by atoms with E-state index in [0.29, 0.717) is 5.56 Å². The van der Waals surface area contributed by atoms with Crippen LogP contribution in [-0.2, 0) is 0 Å². The van der Waals surface area contributed by atoms with Crippen molar-refractivity contribution < 1.29 is 4.79 Å². The summed E-state index contributed by atoms with van der Waals surface area (Å²) in [6.45, 7) is 0.828. The van der Waals surface area contributed by atoms with Gasteiger partial charge in [-0.05, 0) is 37.1 Å². The first-order chi connectivity index (χ1) is 11.8. The van der Waals surface area contributed by atoms with Crippen LogP contribution in [0.3, 0.4) is 0 Å². The maximum absolute atomic E-state index is 12.7. The van der Waals surface area contributed by atoms with Gasteiger partial charge < -0.3 is 4.90 Å². The largest absolute Gasteiger partial charge is 0.331 e. The van der Waals surface area contributed by atoms with Crippen molar-refractivity contribution in [3.63, 3.8) is 0 Å². The highest BCUT2D eigenvalue weighted by atomic mass is 32.1. The van der Waals surface area contributed by atoms with E-state index in [0.717, 1.165) is 41.2 Å². The second-order valence-corrected chi connectivity index (χ2v) is 7.24. The monoisotopic (exact) mass is 333 g/mol. The van der Waals surface area contributed by atoms with E-state index in [9.17, 15) is 4.79 Å². The molecule has 1 amide bonds. The summed E-state index contributed by atoms with van der Waals surface area (Å²) >= 11 is 1.67. The lowest BCUT2D eigenvalue weighted by molar-refractivity contribution is 0.0775. The van der Waals surface area contributed by atoms with E-state index in [1.54, 1.807) is 11.3 Å². The lowest BCUT2D eigenvalue weighted by Crippen LogP contribution is -2.35. The van der Waals surface area contributed by atoms with Crippen LogP contribution in [0.25, 0.3) is 20.8 Å². The number of nitrogens with zero attached hydrogens (tertiary/aromatic N) is 3. The summed E-state index contributed by atoms with van der Waals surface area (Å²) in [5.41, 5.74) is 3.47. The van der Waals surface area contributed by atoms with Crippen LogP contribution in [0.4, 0.5) is 5.69 Å². The molecule has 0 spiro atoms. The predicted molar refractivity (Wildman–Crippen MR) is 97.3 cm³/mol. The summed E-state index contributed by atoms with van der Waals surface area (Å²) in [6.07, 6.45) is 3.99. The van der Waals surface area contributed by atoms with E-state index in [1.807, 2.05) is 47.5 Å². The van der Waals surface area contributed by atoms with Gasteiger partial charge in [-0.3, -0.25) is 9.79 Å². The Morgan fingerprint density at radius 2 is 2.08 bits per heavy atom. The third kappa shape index (κ3) is 2.08. The van der Waals surface area contributed by atoms with Gasteiger partial charge in [-0.25, -0.2) is 4.98 Å². The molecular weight excluding hydrogens is 318 g/mol. The van der Waals surface area contributed by atoms with E-state index in [4.69, 9.17) is 4.98 Å². The highest BCUT2D eigenvalue weighted by Gasteiger charge is 2.31. The first kappa shape index (κ1) is 13.9. The molecule has 1 aromatic heterocycles. The van der Waals surface area contributed by atoms with Gasteiger partial charge in [-0.2, -0.15) is 0 Å². The molecule has 5 heteroatoms. The highest BCUT2D eigenvalue weighted by Crippen LogP contribution is 2.35. The third-order valence-corrected chi connectivity index (χ3v) is 5.80. The Morgan fingerprint density at radius 3 is 3.00 bits per heavy atom. The lowest BCUT2D eigenvalue weighted by atomic mass is 10.1. The molecule has 0 N–H and O–H groups in total. The van der Waals surface area contributed by atoms with Crippen molar-refractivity contribution in [1.82, 2.24) is 9.88 Å². The van der Waals surface area contributed by atoms with Crippen molar-refractivity contribution in [3.05, 3.63) is 48.0 Å². The van der Waals surface area contributed by atoms with E-state index in [1.165, 1.54) is 4.70 Å². The van der Waals surface area contributed by atoms with Crippen LogP contribution in [0.1, 0.15) is 23.2 Å². The number of hydrogen-bond donors (Lipinski definition) is 0. The second-order valence-electron chi connectivity index (χ2n) is 6.20. The summed E-state index contributed by atoms with van der Waals surface area (Å²) in [5, 5.41) is 0.964. The van der Waals surface area contributed by atoms with Gasteiger partial charge in [-0.1, -0.05) is 18.2 Å². The lowest BCUT2D eigenvalue weighted by Gasteiger charge is -2.19. The van der Waals surface area contributed by atoms with Crippen LogP contribution in [0.2, 0.25) is 0 Å². The molecule has 0 radical (unpaired) electrons. The number of carbonyl (C=O) groups is 1. The fourth-order valence-corrected chi connectivity index (χ4v) is 4.43. The minimum atomic E-state index is 0.0980. The molecule has 4 nitrogen and oxygen atoms in total. The molecule has 1 atom stereocenters. The minimum absolute atomic E-state index is 0.0980. The number of benzene rings is 2. The molecule has 2 aliphatic heterocycles. The average Bonchev–Trinajstić information content (AvgIpc) is 3.23. The molecule has 2 aliphatic rings. The smallest absolute Gasteiger partial charge is 0.256 e. The fourth-order valence-electron chi connectivity index (χ4n) is 3.47. The zero-order valence-corrected chi connectivity index (χ0v) is 13.8. The van der Waals surface area contributed by atoms with Crippen LogP contribution in [0.5, 0.6) is 0 Å². The fraction of sp³-hybridized carbons (Fsp3) is 0.211. The molecule has 0 saturated carbocycles. The molecule has 1 saturated heterocycles. The summed E-state index contributed by atoms with van der Waals surface area (Å²) in [7, 11) is 0. The van der Waals surface area contributed by atoms with Crippen molar-refractivity contribution in [3.8, 4) is 10.6 Å². The van der Waals surface area contributed by atoms with Crippen molar-refractivity contribution in [2.75, 3.05) is 6.54 Å². The minimum Gasteiger partial charge on any atom is -0.331 e. The SMILES string of the molecule is O=C1c2ccc(-c3nc4ccccc4s3)cc2N=C[C@@H]2CCCN12. The number of fused-ring (bicyclic) bond motifs is 3. The van der Waals surface area contributed by atoms with Crippen LogP contribution >= 0.6 is 11.3 Å². The summed E-state index contributed by atoms with van der Waals surface area (Å²) in [4.78, 5) is 24.0. The summed E-state index contributed by atoms with van der Waals surface area (Å²) in [6, 6.07) is 14.2. The molecule has 0 aliphatic carbocycles. The molecular formula is C19H15N3OS. The molecule has 3 heterocycles. The Bertz CT molecular complexity index is 958. The van der Waals surface area contributed by atoms with E-state index in [2.05, 4.69) is 11.1 Å². The average molecular weight is 333 g/mol. The van der Waals surface area contributed by atoms with Crippen molar-refractivity contribution in [2.24, 2.45) is 4.99 Å². The normalized spacial score (nSPS) is 19.4. The highest BCUT2D eigenvalue weighted by molar-refractivity contribution is 7.21. The molecule has 5 rings (SSSR count). The molecule has 2 aromatic carbocycles. The van der Waals surface area contributed by atoms with Gasteiger partial charge in [0.05, 0.1) is 27.5 Å². The number of hydrogen-bond acceptors (Lipinski definition) is 4. The molecule has 1 fully saturated rings. The maximum Gasteiger partial charge on any atom is 0.256 e. The Hall–Kier alpha value is -2.53. The van der Waals surface area contributed by atoms with Gasteiger partial charge in [-0.15, -0.1) is 11.3 Å². The summed E-state index contributed by atoms with van der Waals surface area (Å²) < 4.78 is 1.17. The first-order valence-electron chi connectivity index (χ1n) is 8.15. The number of rotatable bonds is 1. The predicted octanol–water partition coefficient (Wildman–Crippen LogP) is 4.28. The summed E-state index contributed by atoms with van der Waals surface area (Å²) in [5.74, 6) is 0.0980.